The zero-order chi connectivity index (χ0) is 14.5. The van der Waals surface area contributed by atoms with Gasteiger partial charge in [-0.1, -0.05) is 12.1 Å². The SMILES string of the molecule is CCOC(=O)c1ccc(C2CC(COC)=NC2=O)cc1. The third kappa shape index (κ3) is 3.11. The van der Waals surface area contributed by atoms with Crippen molar-refractivity contribution in [1.82, 2.24) is 0 Å². The monoisotopic (exact) mass is 275 g/mol. The maximum atomic E-state index is 11.8. The molecule has 0 saturated heterocycles. The largest absolute Gasteiger partial charge is 0.462 e. The number of aliphatic imine (C=N–C) groups is 1. The second-order valence-corrected chi connectivity index (χ2v) is 4.55. The summed E-state index contributed by atoms with van der Waals surface area (Å²) in [6.07, 6.45) is 0.575. The normalized spacial score (nSPS) is 18.0. The molecule has 0 aliphatic carbocycles. The van der Waals surface area contributed by atoms with Gasteiger partial charge in [-0.2, -0.15) is 0 Å². The molecule has 5 heteroatoms. The highest BCUT2D eigenvalue weighted by atomic mass is 16.5. The molecule has 1 aromatic rings. The van der Waals surface area contributed by atoms with E-state index in [1.807, 2.05) is 0 Å². The molecule has 0 radical (unpaired) electrons. The molecular weight excluding hydrogens is 258 g/mol. The van der Waals surface area contributed by atoms with E-state index < -0.39 is 0 Å². The summed E-state index contributed by atoms with van der Waals surface area (Å²) in [4.78, 5) is 27.4. The van der Waals surface area contributed by atoms with Crippen molar-refractivity contribution < 1.29 is 19.1 Å². The van der Waals surface area contributed by atoms with E-state index in [4.69, 9.17) is 9.47 Å². The van der Waals surface area contributed by atoms with Crippen LogP contribution in [-0.4, -0.2) is 37.9 Å². The highest BCUT2D eigenvalue weighted by Gasteiger charge is 2.28. The Hall–Kier alpha value is -2.01. The minimum atomic E-state index is -0.354. The predicted octanol–water partition coefficient (Wildman–Crippen LogP) is 1.96. The Morgan fingerprint density at radius 1 is 1.35 bits per heavy atom. The van der Waals surface area contributed by atoms with Gasteiger partial charge in [0.15, 0.2) is 0 Å². The molecule has 1 amide bonds. The van der Waals surface area contributed by atoms with E-state index in [2.05, 4.69) is 4.99 Å². The van der Waals surface area contributed by atoms with Gasteiger partial charge in [-0.25, -0.2) is 9.79 Å². The Morgan fingerprint density at radius 3 is 2.65 bits per heavy atom. The first-order chi connectivity index (χ1) is 9.65. The fourth-order valence-corrected chi connectivity index (χ4v) is 2.19. The predicted molar refractivity (Wildman–Crippen MR) is 74.1 cm³/mol. The average Bonchev–Trinajstić information content (AvgIpc) is 2.80. The fraction of sp³-hybridized carbons (Fsp3) is 0.400. The summed E-state index contributed by atoms with van der Waals surface area (Å²) < 4.78 is 9.91. The van der Waals surface area contributed by atoms with Gasteiger partial charge in [0.05, 0.1) is 24.7 Å². The second-order valence-electron chi connectivity index (χ2n) is 4.55. The number of ether oxygens (including phenoxy) is 2. The average molecular weight is 275 g/mol. The van der Waals surface area contributed by atoms with Gasteiger partial charge in [-0.15, -0.1) is 0 Å². The van der Waals surface area contributed by atoms with Crippen LogP contribution in [0.25, 0.3) is 0 Å². The van der Waals surface area contributed by atoms with Crippen LogP contribution in [0.5, 0.6) is 0 Å². The van der Waals surface area contributed by atoms with Crippen molar-refractivity contribution in [2.75, 3.05) is 20.3 Å². The number of carbonyl (C=O) groups excluding carboxylic acids is 2. The first kappa shape index (κ1) is 14.4. The molecule has 0 N–H and O–H groups in total. The molecule has 2 rings (SSSR count). The first-order valence-corrected chi connectivity index (χ1v) is 6.52. The Morgan fingerprint density at radius 2 is 2.05 bits per heavy atom. The van der Waals surface area contributed by atoms with E-state index in [-0.39, 0.29) is 17.8 Å². The van der Waals surface area contributed by atoms with E-state index in [0.29, 0.717) is 25.2 Å². The smallest absolute Gasteiger partial charge is 0.338 e. The van der Waals surface area contributed by atoms with Crippen LogP contribution in [0.15, 0.2) is 29.3 Å². The molecule has 1 heterocycles. The van der Waals surface area contributed by atoms with Crippen molar-refractivity contribution in [2.24, 2.45) is 4.99 Å². The molecule has 1 atom stereocenters. The maximum absolute atomic E-state index is 11.8. The van der Waals surface area contributed by atoms with Crippen molar-refractivity contribution in [1.29, 1.82) is 0 Å². The number of carbonyl (C=O) groups is 2. The molecule has 20 heavy (non-hydrogen) atoms. The van der Waals surface area contributed by atoms with Gasteiger partial charge in [0.2, 0.25) is 0 Å². The van der Waals surface area contributed by atoms with E-state index in [1.165, 1.54) is 0 Å². The molecule has 1 aliphatic rings. The molecule has 0 saturated carbocycles. The number of methoxy groups -OCH3 is 1. The molecule has 0 bridgehead atoms. The zero-order valence-corrected chi connectivity index (χ0v) is 11.6. The minimum absolute atomic E-state index is 0.152. The van der Waals surface area contributed by atoms with Gasteiger partial charge >= 0.3 is 5.97 Å². The van der Waals surface area contributed by atoms with Crippen molar-refractivity contribution in [2.45, 2.75) is 19.3 Å². The summed E-state index contributed by atoms with van der Waals surface area (Å²) in [7, 11) is 1.58. The number of esters is 1. The number of hydrogen-bond acceptors (Lipinski definition) is 4. The molecule has 1 aliphatic heterocycles. The Bertz CT molecular complexity index is 533. The molecule has 0 spiro atoms. The topological polar surface area (TPSA) is 65.0 Å². The van der Waals surface area contributed by atoms with E-state index in [0.717, 1.165) is 11.3 Å². The lowest BCUT2D eigenvalue weighted by Crippen LogP contribution is -2.09. The Balaban J connectivity index is 2.08. The Labute approximate surface area is 117 Å². The first-order valence-electron chi connectivity index (χ1n) is 6.52. The molecule has 1 unspecified atom stereocenters. The highest BCUT2D eigenvalue weighted by Crippen LogP contribution is 2.27. The van der Waals surface area contributed by atoms with E-state index in [1.54, 1.807) is 38.3 Å². The van der Waals surface area contributed by atoms with Crippen LogP contribution in [0.4, 0.5) is 0 Å². The van der Waals surface area contributed by atoms with Gasteiger partial charge in [0, 0.05) is 19.2 Å². The van der Waals surface area contributed by atoms with E-state index >= 15 is 0 Å². The van der Waals surface area contributed by atoms with Crippen LogP contribution in [0.2, 0.25) is 0 Å². The number of nitrogens with zero attached hydrogens (tertiary/aromatic N) is 1. The van der Waals surface area contributed by atoms with Crippen LogP contribution in [-0.2, 0) is 14.3 Å². The van der Waals surface area contributed by atoms with Gasteiger partial charge in [0.1, 0.15) is 0 Å². The maximum Gasteiger partial charge on any atom is 0.338 e. The number of amides is 1. The van der Waals surface area contributed by atoms with Crippen LogP contribution in [0, 0.1) is 0 Å². The van der Waals surface area contributed by atoms with Crippen molar-refractivity contribution >= 4 is 17.6 Å². The molecule has 106 valence electrons. The van der Waals surface area contributed by atoms with Gasteiger partial charge in [-0.05, 0) is 24.6 Å². The third-order valence-corrected chi connectivity index (χ3v) is 3.14. The van der Waals surface area contributed by atoms with Crippen LogP contribution < -0.4 is 0 Å². The lowest BCUT2D eigenvalue weighted by molar-refractivity contribution is -0.118. The van der Waals surface area contributed by atoms with E-state index in [9.17, 15) is 9.59 Å². The van der Waals surface area contributed by atoms with Gasteiger partial charge in [-0.3, -0.25) is 4.79 Å². The lowest BCUT2D eigenvalue weighted by Gasteiger charge is -2.08. The number of rotatable bonds is 5. The molecule has 0 fully saturated rings. The molecule has 0 aromatic heterocycles. The molecule has 5 nitrogen and oxygen atoms in total. The van der Waals surface area contributed by atoms with Crippen LogP contribution >= 0.6 is 0 Å². The summed E-state index contributed by atoms with van der Waals surface area (Å²) in [5, 5.41) is 0. The highest BCUT2D eigenvalue weighted by molar-refractivity contribution is 6.06. The zero-order valence-electron chi connectivity index (χ0n) is 11.6. The summed E-state index contributed by atoms with van der Waals surface area (Å²) in [6.45, 7) is 2.48. The number of hydrogen-bond donors (Lipinski definition) is 0. The molecule has 1 aromatic carbocycles. The van der Waals surface area contributed by atoms with Crippen molar-refractivity contribution in [3.8, 4) is 0 Å². The minimum Gasteiger partial charge on any atom is -0.462 e. The second kappa shape index (κ2) is 6.43. The van der Waals surface area contributed by atoms with Crippen molar-refractivity contribution in [3.63, 3.8) is 0 Å². The summed E-state index contributed by atoms with van der Waals surface area (Å²) in [6, 6.07) is 6.91. The third-order valence-electron chi connectivity index (χ3n) is 3.14. The summed E-state index contributed by atoms with van der Waals surface area (Å²) in [5.74, 6) is -0.773. The number of benzene rings is 1. The van der Waals surface area contributed by atoms with Crippen molar-refractivity contribution in [3.05, 3.63) is 35.4 Å². The quantitative estimate of drug-likeness (QED) is 0.771. The lowest BCUT2D eigenvalue weighted by atomic mass is 9.95. The standard InChI is InChI=1S/C15H17NO4/c1-3-20-15(18)11-6-4-10(5-7-11)13-8-12(9-19-2)16-14(13)17/h4-7,13H,3,8-9H2,1-2H3. The van der Waals surface area contributed by atoms with Crippen LogP contribution in [0.1, 0.15) is 35.2 Å². The Kier molecular flexibility index (Phi) is 4.63. The van der Waals surface area contributed by atoms with Gasteiger partial charge in [0.25, 0.3) is 5.91 Å². The van der Waals surface area contributed by atoms with Crippen LogP contribution in [0.3, 0.4) is 0 Å². The molecular formula is C15H17NO4. The van der Waals surface area contributed by atoms with Gasteiger partial charge < -0.3 is 9.47 Å². The summed E-state index contributed by atoms with van der Waals surface area (Å²) >= 11 is 0. The fourth-order valence-electron chi connectivity index (χ4n) is 2.19. The summed E-state index contributed by atoms with van der Waals surface area (Å²) in [5.41, 5.74) is 2.11.